The smallest absolute Gasteiger partial charge is 0.312 e. The van der Waals surface area contributed by atoms with Crippen LogP contribution in [0.25, 0.3) is 0 Å². The Hall–Kier alpha value is -3.21. The first-order chi connectivity index (χ1) is 27.5. The van der Waals surface area contributed by atoms with Gasteiger partial charge in [-0.1, -0.05) is 83.6 Å². The number of aliphatic hydroxyl groups is 1. The van der Waals surface area contributed by atoms with Crippen LogP contribution in [0.5, 0.6) is 0 Å². The minimum absolute atomic E-state index is 0.0503. The first-order valence-electron chi connectivity index (χ1n) is 22.2. The van der Waals surface area contributed by atoms with Gasteiger partial charge in [-0.25, -0.2) is 0 Å². The molecule has 0 aromatic rings. The molecule has 2 aliphatic rings. The summed E-state index contributed by atoms with van der Waals surface area (Å²) in [6.45, 7) is 5.77. The lowest BCUT2D eigenvalue weighted by Gasteiger charge is -2.49. The van der Waals surface area contributed by atoms with Crippen LogP contribution in [0.4, 0.5) is 0 Å². The number of esters is 5. The Morgan fingerprint density at radius 2 is 0.947 bits per heavy atom. The summed E-state index contributed by atoms with van der Waals surface area (Å²) in [5.41, 5.74) is -1.82. The number of rotatable bonds is 32. The molecule has 11 heteroatoms. The van der Waals surface area contributed by atoms with E-state index in [2.05, 4.69) is 32.9 Å². The fourth-order valence-electron chi connectivity index (χ4n) is 7.85. The third kappa shape index (κ3) is 21.4. The lowest BCUT2D eigenvalue weighted by Crippen LogP contribution is -2.47. The van der Waals surface area contributed by atoms with Crippen molar-refractivity contribution >= 4 is 29.8 Å². The molecule has 2 rings (SSSR count). The highest BCUT2D eigenvalue weighted by molar-refractivity contribution is 5.77. The van der Waals surface area contributed by atoms with Gasteiger partial charge < -0.3 is 28.8 Å². The number of carbonyl (C=O) groups is 5. The van der Waals surface area contributed by atoms with Crippen molar-refractivity contribution in [2.24, 2.45) is 16.2 Å². The van der Waals surface area contributed by atoms with Gasteiger partial charge in [0.25, 0.3) is 0 Å². The standard InChI is InChI=1S/C46H76O11/c1-4-6-8-10-12-14-20-32-53-39(48)24-16-18-26-41(50)55-36-45(35-47,38-57-43(52)46-30-22-28-44(3,34-46)29-23-31-46)37-56-42(51)27-19-17-25-40(49)54-33-21-15-13-11-9-7-5-2/h12-15,47H,4-11,16-38H2,1-3H3/b14-12-,15-13-. The van der Waals surface area contributed by atoms with E-state index in [1.807, 2.05) is 12.2 Å². The molecular formula is C46H76O11. The fourth-order valence-corrected chi connectivity index (χ4v) is 7.85. The van der Waals surface area contributed by atoms with Crippen molar-refractivity contribution in [3.63, 3.8) is 0 Å². The molecule has 0 saturated heterocycles. The third-order valence-corrected chi connectivity index (χ3v) is 11.4. The monoisotopic (exact) mass is 805 g/mol. The van der Waals surface area contributed by atoms with Crippen LogP contribution in [0.3, 0.4) is 0 Å². The summed E-state index contributed by atoms with van der Waals surface area (Å²) in [6, 6.07) is 0. The number of allylic oxidation sites excluding steroid dienone is 2. The van der Waals surface area contributed by atoms with E-state index in [0.717, 1.165) is 70.6 Å². The van der Waals surface area contributed by atoms with Gasteiger partial charge in [-0.05, 0) is 102 Å². The van der Waals surface area contributed by atoms with Crippen LogP contribution >= 0.6 is 0 Å². The molecule has 2 bridgehead atoms. The molecule has 2 saturated carbocycles. The Bertz CT molecular complexity index is 1170. The van der Waals surface area contributed by atoms with E-state index in [-0.39, 0.29) is 68.8 Å². The molecule has 0 spiro atoms. The van der Waals surface area contributed by atoms with Gasteiger partial charge in [-0.3, -0.25) is 24.0 Å². The second-order valence-corrected chi connectivity index (χ2v) is 16.9. The molecule has 57 heavy (non-hydrogen) atoms. The van der Waals surface area contributed by atoms with E-state index in [0.29, 0.717) is 51.7 Å². The van der Waals surface area contributed by atoms with E-state index in [9.17, 15) is 29.1 Å². The number of hydrogen-bond acceptors (Lipinski definition) is 11. The van der Waals surface area contributed by atoms with E-state index in [1.54, 1.807) is 0 Å². The number of hydrogen-bond donors (Lipinski definition) is 1. The van der Waals surface area contributed by atoms with E-state index in [1.165, 1.54) is 25.7 Å². The molecule has 0 unspecified atom stereocenters. The highest BCUT2D eigenvalue weighted by Crippen LogP contribution is 2.56. The van der Waals surface area contributed by atoms with Crippen LogP contribution in [0.2, 0.25) is 0 Å². The molecule has 0 aliphatic heterocycles. The summed E-state index contributed by atoms with van der Waals surface area (Å²) in [5, 5.41) is 10.6. The Labute approximate surface area is 343 Å². The van der Waals surface area contributed by atoms with Gasteiger partial charge in [0.05, 0.1) is 30.7 Å². The average molecular weight is 805 g/mol. The summed E-state index contributed by atoms with van der Waals surface area (Å²) in [5.74, 6) is -1.99. The Morgan fingerprint density at radius 3 is 1.37 bits per heavy atom. The lowest BCUT2D eigenvalue weighted by molar-refractivity contribution is -0.177. The van der Waals surface area contributed by atoms with Crippen molar-refractivity contribution in [3.05, 3.63) is 24.3 Å². The topological polar surface area (TPSA) is 152 Å². The third-order valence-electron chi connectivity index (χ3n) is 11.4. The Morgan fingerprint density at radius 1 is 0.544 bits per heavy atom. The highest BCUT2D eigenvalue weighted by Gasteiger charge is 2.51. The van der Waals surface area contributed by atoms with Crippen LogP contribution in [-0.2, 0) is 47.7 Å². The molecule has 0 amide bonds. The molecule has 1 N–H and O–H groups in total. The Kier molecular flexibility index (Phi) is 25.5. The van der Waals surface area contributed by atoms with Crippen LogP contribution in [0, 0.1) is 16.2 Å². The summed E-state index contributed by atoms with van der Waals surface area (Å²) in [7, 11) is 0. The summed E-state index contributed by atoms with van der Waals surface area (Å²) in [4.78, 5) is 63.5. The van der Waals surface area contributed by atoms with Gasteiger partial charge in [-0.2, -0.15) is 0 Å². The van der Waals surface area contributed by atoms with Crippen LogP contribution in [-0.4, -0.2) is 74.6 Å². The molecule has 326 valence electrons. The molecule has 11 nitrogen and oxygen atoms in total. The van der Waals surface area contributed by atoms with Crippen molar-refractivity contribution in [2.75, 3.05) is 39.6 Å². The van der Waals surface area contributed by atoms with Crippen molar-refractivity contribution in [1.29, 1.82) is 0 Å². The van der Waals surface area contributed by atoms with Gasteiger partial charge in [0, 0.05) is 25.7 Å². The minimum atomic E-state index is -1.35. The van der Waals surface area contributed by atoms with Crippen molar-refractivity contribution < 1.29 is 52.8 Å². The van der Waals surface area contributed by atoms with Gasteiger partial charge >= 0.3 is 29.8 Å². The molecule has 0 heterocycles. The van der Waals surface area contributed by atoms with Crippen LogP contribution in [0.1, 0.15) is 181 Å². The molecule has 0 aromatic carbocycles. The molecule has 0 radical (unpaired) electrons. The molecule has 0 aromatic heterocycles. The number of fused-ring (bicyclic) bond motifs is 2. The Balaban J connectivity index is 1.82. The van der Waals surface area contributed by atoms with Gasteiger partial charge in [0.1, 0.15) is 19.8 Å². The maximum Gasteiger partial charge on any atom is 0.312 e. The quantitative estimate of drug-likeness (QED) is 0.0300. The number of ether oxygens (including phenoxy) is 5. The van der Waals surface area contributed by atoms with E-state index < -0.39 is 29.4 Å². The summed E-state index contributed by atoms with van der Waals surface area (Å²) >= 11 is 0. The second kappa shape index (κ2) is 29.1. The number of aliphatic hydroxyl groups excluding tert-OH is 1. The molecule has 0 atom stereocenters. The summed E-state index contributed by atoms with van der Waals surface area (Å²) in [6.07, 6.45) is 27.4. The fraction of sp³-hybridized carbons (Fsp3) is 0.804. The molecule has 2 aliphatic carbocycles. The largest absolute Gasteiger partial charge is 0.465 e. The van der Waals surface area contributed by atoms with E-state index >= 15 is 0 Å². The zero-order chi connectivity index (χ0) is 41.7. The van der Waals surface area contributed by atoms with Crippen LogP contribution in [0.15, 0.2) is 24.3 Å². The zero-order valence-corrected chi connectivity index (χ0v) is 35.8. The van der Waals surface area contributed by atoms with Crippen molar-refractivity contribution in [3.8, 4) is 0 Å². The predicted molar refractivity (Wildman–Crippen MR) is 220 cm³/mol. The molecular weight excluding hydrogens is 728 g/mol. The van der Waals surface area contributed by atoms with Crippen molar-refractivity contribution in [1.82, 2.24) is 0 Å². The average Bonchev–Trinajstić information content (AvgIpc) is 3.19. The highest BCUT2D eigenvalue weighted by atomic mass is 16.6. The maximum absolute atomic E-state index is 13.7. The first kappa shape index (κ1) is 49.9. The normalized spacial score (nSPS) is 19.4. The lowest BCUT2D eigenvalue weighted by atomic mass is 9.55. The van der Waals surface area contributed by atoms with Crippen LogP contribution < -0.4 is 0 Å². The minimum Gasteiger partial charge on any atom is -0.465 e. The summed E-state index contributed by atoms with van der Waals surface area (Å²) < 4.78 is 27.6. The zero-order valence-electron chi connectivity index (χ0n) is 35.8. The predicted octanol–water partition coefficient (Wildman–Crippen LogP) is 9.61. The first-order valence-corrected chi connectivity index (χ1v) is 22.2. The maximum atomic E-state index is 13.7. The van der Waals surface area contributed by atoms with Gasteiger partial charge in [-0.15, -0.1) is 0 Å². The van der Waals surface area contributed by atoms with Gasteiger partial charge in [0.15, 0.2) is 0 Å². The number of carbonyl (C=O) groups excluding carboxylic acids is 5. The number of unbranched alkanes of at least 4 members (excludes halogenated alkanes) is 8. The SMILES string of the molecule is CCCCC/C=C\CCOC(=O)CCCCC(=O)OCC(CO)(COC(=O)CCCCC(=O)OCC/C=C\CCCCC)COC(=O)C12CCCC(C)(CCC1)C2. The molecule has 2 fully saturated rings. The van der Waals surface area contributed by atoms with E-state index in [4.69, 9.17) is 23.7 Å². The second-order valence-electron chi connectivity index (χ2n) is 16.9. The van der Waals surface area contributed by atoms with Crippen molar-refractivity contribution in [2.45, 2.75) is 181 Å². The van der Waals surface area contributed by atoms with Gasteiger partial charge in [0.2, 0.25) is 0 Å².